The van der Waals surface area contributed by atoms with E-state index in [0.717, 1.165) is 5.25 Å². The van der Waals surface area contributed by atoms with Gasteiger partial charge >= 0.3 is 0 Å². The third-order valence-electron chi connectivity index (χ3n) is 3.87. The second-order valence-corrected chi connectivity index (χ2v) is 8.64. The Morgan fingerprint density at radius 2 is 1.90 bits per heavy atom. The van der Waals surface area contributed by atoms with Crippen LogP contribution in [0.4, 0.5) is 0 Å². The first-order valence-electron chi connectivity index (χ1n) is 7.33. The fourth-order valence-electron chi connectivity index (χ4n) is 2.96. The number of hydrogen-bond donors (Lipinski definition) is 1. The van der Waals surface area contributed by atoms with E-state index in [1.54, 1.807) is 0 Å². The van der Waals surface area contributed by atoms with Gasteiger partial charge in [0.2, 0.25) is 0 Å². The van der Waals surface area contributed by atoms with Crippen molar-refractivity contribution in [3.05, 3.63) is 44.8 Å². The van der Waals surface area contributed by atoms with Gasteiger partial charge in [-0.3, -0.25) is 0 Å². The van der Waals surface area contributed by atoms with E-state index in [1.807, 2.05) is 22.7 Å². The summed E-state index contributed by atoms with van der Waals surface area (Å²) in [4.78, 5) is 2.89. The first-order valence-corrected chi connectivity index (χ1v) is 10.1. The summed E-state index contributed by atoms with van der Waals surface area (Å²) < 4.78 is 0. The lowest BCUT2D eigenvalue weighted by Crippen LogP contribution is -2.37. The highest BCUT2D eigenvalue weighted by atomic mass is 32.2. The molecule has 1 aliphatic rings. The van der Waals surface area contributed by atoms with Crippen LogP contribution in [0, 0.1) is 0 Å². The molecule has 2 atom stereocenters. The van der Waals surface area contributed by atoms with Gasteiger partial charge in [-0.2, -0.15) is 11.8 Å². The smallest absolute Gasteiger partial charge is 0.0767 e. The predicted molar refractivity (Wildman–Crippen MR) is 93.2 cm³/mol. The van der Waals surface area contributed by atoms with Crippen molar-refractivity contribution in [3.8, 4) is 0 Å². The molecule has 1 fully saturated rings. The van der Waals surface area contributed by atoms with Gasteiger partial charge in [0.1, 0.15) is 0 Å². The zero-order valence-electron chi connectivity index (χ0n) is 11.7. The van der Waals surface area contributed by atoms with E-state index in [4.69, 9.17) is 0 Å². The molecule has 0 aromatic carbocycles. The van der Waals surface area contributed by atoms with Gasteiger partial charge < -0.3 is 5.32 Å². The van der Waals surface area contributed by atoms with Crippen LogP contribution in [0.2, 0.25) is 0 Å². The molecule has 2 aromatic rings. The van der Waals surface area contributed by atoms with Crippen LogP contribution >= 0.6 is 34.4 Å². The summed E-state index contributed by atoms with van der Waals surface area (Å²) in [6, 6.07) is 9.90. The van der Waals surface area contributed by atoms with Crippen molar-refractivity contribution in [1.82, 2.24) is 5.32 Å². The average molecular weight is 324 g/mol. The topological polar surface area (TPSA) is 12.0 Å². The van der Waals surface area contributed by atoms with Crippen molar-refractivity contribution in [1.29, 1.82) is 0 Å². The van der Waals surface area contributed by atoms with Gasteiger partial charge in [-0.25, -0.2) is 0 Å². The second kappa shape index (κ2) is 7.12. The molecular formula is C16H21NS3. The molecule has 1 nitrogen and oxygen atoms in total. The van der Waals surface area contributed by atoms with E-state index in [9.17, 15) is 0 Å². The Hall–Kier alpha value is -0.290. The molecule has 2 aromatic heterocycles. The lowest BCUT2D eigenvalue weighted by atomic mass is 10.1. The molecule has 1 aliphatic carbocycles. The largest absolute Gasteiger partial charge is 0.301 e. The molecule has 1 saturated carbocycles. The third-order valence-corrected chi connectivity index (χ3v) is 7.07. The van der Waals surface area contributed by atoms with Crippen LogP contribution in [0.15, 0.2) is 35.0 Å². The van der Waals surface area contributed by atoms with Crippen molar-refractivity contribution < 1.29 is 0 Å². The molecule has 2 heterocycles. The molecule has 2 unspecified atom stereocenters. The minimum atomic E-state index is 0.387. The molecule has 0 amide bonds. The van der Waals surface area contributed by atoms with E-state index < -0.39 is 0 Å². The van der Waals surface area contributed by atoms with Crippen molar-refractivity contribution in [2.75, 3.05) is 5.75 Å². The Bertz CT molecular complexity index is 458. The molecule has 0 saturated heterocycles. The lowest BCUT2D eigenvalue weighted by Gasteiger charge is -2.26. The number of hydrogen-bond acceptors (Lipinski definition) is 4. The summed E-state index contributed by atoms with van der Waals surface area (Å²) in [5.74, 6) is 1.23. The van der Waals surface area contributed by atoms with Crippen molar-refractivity contribution in [3.63, 3.8) is 0 Å². The van der Waals surface area contributed by atoms with Gasteiger partial charge in [0, 0.05) is 21.0 Å². The maximum atomic E-state index is 3.96. The first kappa shape index (κ1) is 14.6. The Morgan fingerprint density at radius 3 is 2.45 bits per heavy atom. The van der Waals surface area contributed by atoms with E-state index in [1.165, 1.54) is 34.8 Å². The summed E-state index contributed by atoms with van der Waals surface area (Å²) in [5, 5.41) is 9.12. The van der Waals surface area contributed by atoms with Gasteiger partial charge in [-0.05, 0) is 41.5 Å². The van der Waals surface area contributed by atoms with Crippen molar-refractivity contribution in [2.24, 2.45) is 0 Å². The minimum Gasteiger partial charge on any atom is -0.301 e. The summed E-state index contributed by atoms with van der Waals surface area (Å²) in [6.07, 6.45) is 4.07. The van der Waals surface area contributed by atoms with Crippen LogP contribution in [0.5, 0.6) is 0 Å². The lowest BCUT2D eigenvalue weighted by molar-refractivity contribution is 0.493. The second-order valence-electron chi connectivity index (χ2n) is 5.16. The van der Waals surface area contributed by atoms with Crippen LogP contribution in [0.1, 0.15) is 42.0 Å². The Labute approximate surface area is 133 Å². The fourth-order valence-corrected chi connectivity index (χ4v) is 5.85. The summed E-state index contributed by atoms with van der Waals surface area (Å²) in [6.45, 7) is 2.27. The van der Waals surface area contributed by atoms with Gasteiger partial charge in [0.05, 0.1) is 6.04 Å². The first-order chi connectivity index (χ1) is 9.88. The maximum Gasteiger partial charge on any atom is 0.0767 e. The van der Waals surface area contributed by atoms with Gasteiger partial charge in [0.15, 0.2) is 0 Å². The molecule has 1 N–H and O–H groups in total. The zero-order chi connectivity index (χ0) is 13.8. The zero-order valence-corrected chi connectivity index (χ0v) is 14.2. The highest BCUT2D eigenvalue weighted by Crippen LogP contribution is 2.35. The van der Waals surface area contributed by atoms with Gasteiger partial charge in [0.25, 0.3) is 0 Å². The Morgan fingerprint density at radius 1 is 1.20 bits per heavy atom. The maximum absolute atomic E-state index is 3.96. The molecule has 108 valence electrons. The molecule has 4 heteroatoms. The summed E-state index contributed by atoms with van der Waals surface area (Å²) in [5.41, 5.74) is 0. The van der Waals surface area contributed by atoms with Crippen LogP contribution in [0.25, 0.3) is 0 Å². The number of thiophene rings is 2. The van der Waals surface area contributed by atoms with Crippen LogP contribution in [0.3, 0.4) is 0 Å². The Balaban J connectivity index is 1.77. The molecular weight excluding hydrogens is 302 g/mol. The van der Waals surface area contributed by atoms with Crippen molar-refractivity contribution in [2.45, 2.75) is 43.5 Å². The predicted octanol–water partition coefficient (Wildman–Crippen LogP) is 5.16. The molecule has 0 bridgehead atoms. The normalized spacial score (nSPS) is 22.7. The standard InChI is InChI=1S/C16H21NS3/c1-2-18-13-7-3-6-12(13)17-16(14-8-4-10-19-14)15-9-5-11-20-15/h4-5,8-13,16-17H,2-3,6-7H2,1H3. The van der Waals surface area contributed by atoms with Crippen LogP contribution in [-0.4, -0.2) is 17.0 Å². The van der Waals surface area contributed by atoms with Gasteiger partial charge in [-0.1, -0.05) is 25.5 Å². The SMILES string of the molecule is CCSC1CCCC1NC(c1cccs1)c1cccs1. The molecule has 3 rings (SSSR count). The van der Waals surface area contributed by atoms with E-state index in [-0.39, 0.29) is 0 Å². The van der Waals surface area contributed by atoms with Gasteiger partial charge in [-0.15, -0.1) is 22.7 Å². The molecule has 0 spiro atoms. The molecule has 20 heavy (non-hydrogen) atoms. The Kier molecular flexibility index (Phi) is 5.21. The summed E-state index contributed by atoms with van der Waals surface area (Å²) >= 11 is 5.86. The van der Waals surface area contributed by atoms with E-state index in [2.05, 4.69) is 59.0 Å². The van der Waals surface area contributed by atoms with Crippen LogP contribution in [-0.2, 0) is 0 Å². The molecule has 0 radical (unpaired) electrons. The minimum absolute atomic E-state index is 0.387. The highest BCUT2D eigenvalue weighted by molar-refractivity contribution is 7.99. The quantitative estimate of drug-likeness (QED) is 0.788. The fraction of sp³-hybridized carbons (Fsp3) is 0.500. The number of thioether (sulfide) groups is 1. The molecule has 0 aliphatic heterocycles. The average Bonchev–Trinajstić information content (AvgIpc) is 3.20. The van der Waals surface area contributed by atoms with Crippen LogP contribution < -0.4 is 5.32 Å². The van der Waals surface area contributed by atoms with Crippen molar-refractivity contribution >= 4 is 34.4 Å². The monoisotopic (exact) mass is 323 g/mol. The van der Waals surface area contributed by atoms with E-state index >= 15 is 0 Å². The highest BCUT2D eigenvalue weighted by Gasteiger charge is 2.30. The number of rotatable bonds is 6. The third kappa shape index (κ3) is 3.30. The number of nitrogens with one attached hydrogen (secondary N) is 1. The summed E-state index contributed by atoms with van der Waals surface area (Å²) in [7, 11) is 0. The van der Waals surface area contributed by atoms with E-state index in [0.29, 0.717) is 12.1 Å².